The summed E-state index contributed by atoms with van der Waals surface area (Å²) < 4.78 is 5.40. The average molecular weight is 221 g/mol. The molecular weight excluding hydrogens is 206 g/mol. The van der Waals surface area contributed by atoms with E-state index < -0.39 is 0 Å². The van der Waals surface area contributed by atoms with E-state index in [0.29, 0.717) is 18.5 Å². The fourth-order valence-corrected chi connectivity index (χ4v) is 1.26. The van der Waals surface area contributed by atoms with Crippen molar-refractivity contribution in [2.45, 2.75) is 33.2 Å². The number of rotatable bonds is 4. The van der Waals surface area contributed by atoms with Crippen LogP contribution in [0.1, 0.15) is 37.2 Å². The highest BCUT2D eigenvalue weighted by Crippen LogP contribution is 2.14. The fourth-order valence-electron chi connectivity index (χ4n) is 1.26. The number of hydrogen-bond acceptors (Lipinski definition) is 5. The number of anilines is 1. The molecule has 0 amide bonds. The Kier molecular flexibility index (Phi) is 2.89. The van der Waals surface area contributed by atoms with E-state index in [0.717, 1.165) is 11.5 Å². The van der Waals surface area contributed by atoms with Gasteiger partial charge in [-0.1, -0.05) is 18.9 Å². The van der Waals surface area contributed by atoms with Gasteiger partial charge in [-0.2, -0.15) is 0 Å². The van der Waals surface area contributed by atoms with Crippen LogP contribution in [0.3, 0.4) is 0 Å². The molecule has 0 saturated heterocycles. The number of aromatic nitrogens is 4. The Morgan fingerprint density at radius 2 is 2.25 bits per heavy atom. The zero-order valence-electron chi connectivity index (χ0n) is 9.61. The van der Waals surface area contributed by atoms with Gasteiger partial charge in [0.1, 0.15) is 5.82 Å². The summed E-state index contributed by atoms with van der Waals surface area (Å²) in [6, 6.07) is 0.428. The lowest BCUT2D eigenvalue weighted by Gasteiger charge is -1.98. The highest BCUT2D eigenvalue weighted by Gasteiger charge is 2.09. The molecular formula is C10H15N5O. The summed E-state index contributed by atoms with van der Waals surface area (Å²) in [4.78, 5) is 7.28. The Hall–Kier alpha value is -1.85. The third-order valence-electron chi connectivity index (χ3n) is 2.10. The molecule has 6 nitrogen and oxygen atoms in total. The van der Waals surface area contributed by atoms with Crippen LogP contribution in [-0.2, 0) is 6.54 Å². The van der Waals surface area contributed by atoms with E-state index >= 15 is 0 Å². The molecule has 0 aliphatic rings. The molecule has 2 aromatic heterocycles. The van der Waals surface area contributed by atoms with E-state index in [1.54, 1.807) is 6.20 Å². The van der Waals surface area contributed by atoms with Crippen molar-refractivity contribution in [3.05, 3.63) is 23.6 Å². The zero-order valence-corrected chi connectivity index (χ0v) is 9.61. The first-order valence-electron chi connectivity index (χ1n) is 5.23. The van der Waals surface area contributed by atoms with Gasteiger partial charge in [-0.3, -0.25) is 0 Å². The first kappa shape index (κ1) is 10.7. The highest BCUT2D eigenvalue weighted by atomic mass is 16.4. The second-order valence-electron chi connectivity index (χ2n) is 3.97. The van der Waals surface area contributed by atoms with Crippen LogP contribution in [0.5, 0.6) is 0 Å². The molecule has 0 unspecified atom stereocenters. The lowest BCUT2D eigenvalue weighted by Crippen LogP contribution is -2.01. The van der Waals surface area contributed by atoms with Crippen LogP contribution < -0.4 is 5.32 Å². The van der Waals surface area contributed by atoms with Crippen molar-refractivity contribution in [1.82, 2.24) is 20.2 Å². The smallest absolute Gasteiger partial charge is 0.315 e. The maximum Gasteiger partial charge on any atom is 0.315 e. The molecule has 0 saturated carbocycles. The van der Waals surface area contributed by atoms with Crippen molar-refractivity contribution in [3.8, 4) is 0 Å². The summed E-state index contributed by atoms with van der Waals surface area (Å²) in [5.74, 6) is 1.73. The predicted octanol–water partition coefficient (Wildman–Crippen LogP) is 1.84. The van der Waals surface area contributed by atoms with E-state index in [1.807, 2.05) is 20.8 Å². The average Bonchev–Trinajstić information content (AvgIpc) is 2.83. The molecule has 16 heavy (non-hydrogen) atoms. The molecule has 86 valence electrons. The van der Waals surface area contributed by atoms with Crippen molar-refractivity contribution in [1.29, 1.82) is 0 Å². The lowest BCUT2D eigenvalue weighted by atomic mass is 10.2. The minimum Gasteiger partial charge on any atom is -0.408 e. The number of imidazole rings is 1. The van der Waals surface area contributed by atoms with Gasteiger partial charge in [-0.25, -0.2) is 4.98 Å². The summed E-state index contributed by atoms with van der Waals surface area (Å²) in [5, 5.41) is 10.8. The van der Waals surface area contributed by atoms with E-state index in [2.05, 4.69) is 25.5 Å². The normalized spacial score (nSPS) is 11.0. The first-order valence-corrected chi connectivity index (χ1v) is 5.23. The minimum absolute atomic E-state index is 0.244. The number of aryl methyl sites for hydroxylation is 1. The first-order chi connectivity index (χ1) is 7.65. The van der Waals surface area contributed by atoms with E-state index in [4.69, 9.17) is 4.42 Å². The maximum absolute atomic E-state index is 5.40. The molecule has 0 aromatic carbocycles. The summed E-state index contributed by atoms with van der Waals surface area (Å²) in [6.45, 7) is 6.52. The van der Waals surface area contributed by atoms with E-state index in [1.165, 1.54) is 0 Å². The number of aromatic amines is 1. The monoisotopic (exact) mass is 221 g/mol. The van der Waals surface area contributed by atoms with Gasteiger partial charge in [0.15, 0.2) is 0 Å². The van der Waals surface area contributed by atoms with Crippen LogP contribution in [0.15, 0.2) is 10.6 Å². The molecule has 2 rings (SSSR count). The van der Waals surface area contributed by atoms with Crippen LogP contribution in [0.25, 0.3) is 0 Å². The Labute approximate surface area is 93.5 Å². The summed E-state index contributed by atoms with van der Waals surface area (Å²) in [7, 11) is 0. The van der Waals surface area contributed by atoms with Crippen molar-refractivity contribution in [3.63, 3.8) is 0 Å². The zero-order chi connectivity index (χ0) is 11.5. The van der Waals surface area contributed by atoms with Gasteiger partial charge in [0.2, 0.25) is 5.89 Å². The molecule has 6 heteroatoms. The molecule has 0 aliphatic carbocycles. The fraction of sp³-hybridized carbons (Fsp3) is 0.500. The van der Waals surface area contributed by atoms with Gasteiger partial charge in [0.05, 0.1) is 6.54 Å². The molecule has 0 fully saturated rings. The minimum atomic E-state index is 0.244. The molecule has 0 aliphatic heterocycles. The third-order valence-corrected chi connectivity index (χ3v) is 2.10. The van der Waals surface area contributed by atoms with Crippen LogP contribution in [0, 0.1) is 6.92 Å². The Morgan fingerprint density at radius 3 is 2.81 bits per heavy atom. The molecule has 0 radical (unpaired) electrons. The predicted molar refractivity (Wildman–Crippen MR) is 59.0 cm³/mol. The second kappa shape index (κ2) is 4.34. The van der Waals surface area contributed by atoms with Gasteiger partial charge in [0.25, 0.3) is 0 Å². The highest BCUT2D eigenvalue weighted by molar-refractivity contribution is 5.18. The van der Waals surface area contributed by atoms with E-state index in [9.17, 15) is 0 Å². The second-order valence-corrected chi connectivity index (χ2v) is 3.97. The van der Waals surface area contributed by atoms with Gasteiger partial charge in [-0.05, 0) is 6.92 Å². The van der Waals surface area contributed by atoms with Crippen molar-refractivity contribution < 1.29 is 4.42 Å². The molecule has 0 spiro atoms. The molecule has 0 atom stereocenters. The van der Waals surface area contributed by atoms with Crippen LogP contribution in [-0.4, -0.2) is 20.2 Å². The molecule has 0 bridgehead atoms. The number of nitrogens with zero attached hydrogens (tertiary/aromatic N) is 3. The summed E-state index contributed by atoms with van der Waals surface area (Å²) in [6.07, 6.45) is 1.78. The van der Waals surface area contributed by atoms with Crippen molar-refractivity contribution in [2.75, 3.05) is 5.32 Å². The Balaban J connectivity index is 1.94. The summed E-state index contributed by atoms with van der Waals surface area (Å²) >= 11 is 0. The molecule has 2 N–H and O–H groups in total. The topological polar surface area (TPSA) is 79.6 Å². The lowest BCUT2D eigenvalue weighted by molar-refractivity contribution is 0.479. The van der Waals surface area contributed by atoms with Crippen molar-refractivity contribution >= 4 is 6.01 Å². The molecule has 2 heterocycles. The van der Waals surface area contributed by atoms with Crippen molar-refractivity contribution in [2.24, 2.45) is 0 Å². The van der Waals surface area contributed by atoms with E-state index in [-0.39, 0.29) is 5.92 Å². The third kappa shape index (κ3) is 2.39. The SMILES string of the molecule is Cc1cnc(CNc2nnc(C(C)C)o2)[nH]1. The van der Waals surface area contributed by atoms with Crippen LogP contribution in [0.4, 0.5) is 6.01 Å². The molecule has 2 aromatic rings. The largest absolute Gasteiger partial charge is 0.408 e. The van der Waals surface area contributed by atoms with Gasteiger partial charge in [0, 0.05) is 17.8 Å². The van der Waals surface area contributed by atoms with Gasteiger partial charge < -0.3 is 14.7 Å². The Bertz CT molecular complexity index is 459. The van der Waals surface area contributed by atoms with Crippen LogP contribution >= 0.6 is 0 Å². The van der Waals surface area contributed by atoms with Crippen LogP contribution in [0.2, 0.25) is 0 Å². The summed E-state index contributed by atoms with van der Waals surface area (Å²) in [5.41, 5.74) is 1.03. The van der Waals surface area contributed by atoms with Gasteiger partial charge >= 0.3 is 6.01 Å². The Morgan fingerprint density at radius 1 is 1.44 bits per heavy atom. The number of nitrogens with one attached hydrogen (secondary N) is 2. The van der Waals surface area contributed by atoms with Gasteiger partial charge in [-0.15, -0.1) is 5.10 Å². The standard InChI is InChI=1S/C10H15N5O/c1-6(2)9-14-15-10(16-9)12-5-8-11-4-7(3)13-8/h4,6H,5H2,1-3H3,(H,11,13)(H,12,15). The maximum atomic E-state index is 5.40. The number of hydrogen-bond donors (Lipinski definition) is 2. The quantitative estimate of drug-likeness (QED) is 0.823. The number of H-pyrrole nitrogens is 1.